The highest BCUT2D eigenvalue weighted by Crippen LogP contribution is 2.28. The van der Waals surface area contributed by atoms with Gasteiger partial charge in [-0.25, -0.2) is 9.78 Å². The summed E-state index contributed by atoms with van der Waals surface area (Å²) < 4.78 is 10.4. The Bertz CT molecular complexity index is 874. The van der Waals surface area contributed by atoms with Gasteiger partial charge in [0.2, 0.25) is 0 Å². The van der Waals surface area contributed by atoms with Gasteiger partial charge in [0, 0.05) is 12.3 Å². The predicted octanol–water partition coefficient (Wildman–Crippen LogP) is 3.82. The molecule has 32 heavy (non-hydrogen) atoms. The number of ether oxygens (including phenoxy) is 2. The molecule has 1 saturated heterocycles. The number of nitrogens with zero attached hydrogens (tertiary/aromatic N) is 1. The average molecular weight is 445 g/mol. The lowest BCUT2D eigenvalue weighted by Gasteiger charge is -2.20. The van der Waals surface area contributed by atoms with Crippen LogP contribution < -0.4 is 10.1 Å². The number of aromatic nitrogens is 1. The van der Waals surface area contributed by atoms with Crippen molar-refractivity contribution in [2.24, 2.45) is 5.92 Å². The number of esters is 1. The SMILES string of the molecule is CCC1CCC[C@H](NC(=O)c2nccc(OC)c2O)C(=O)OC(C)C1.Oc1ccccc1. The first-order valence-electron chi connectivity index (χ1n) is 10.8. The standard InChI is InChI=1S/C18H26N2O5.C6H6O/c1-4-12-6-5-7-13(18(23)25-11(2)10-12)20-17(22)15-16(21)14(24-3)8-9-19-15;7-6-4-2-1-3-5-6/h8-9,11-13,21H,4-7,10H2,1-3H3,(H,20,22);1-5,7H/t11?,12?,13-;/m0./s1. The molecule has 0 bridgehead atoms. The Kier molecular flexibility index (Phi) is 9.78. The van der Waals surface area contributed by atoms with E-state index in [-0.39, 0.29) is 23.3 Å². The first-order valence-corrected chi connectivity index (χ1v) is 10.8. The van der Waals surface area contributed by atoms with Gasteiger partial charge in [0.25, 0.3) is 5.91 Å². The summed E-state index contributed by atoms with van der Waals surface area (Å²) in [5.41, 5.74) is -0.175. The largest absolute Gasteiger partial charge is 0.508 e. The number of methoxy groups -OCH3 is 1. The second-order valence-corrected chi connectivity index (χ2v) is 7.76. The average Bonchev–Trinajstić information content (AvgIpc) is 2.84. The van der Waals surface area contributed by atoms with Crippen LogP contribution in [0.5, 0.6) is 17.2 Å². The van der Waals surface area contributed by atoms with E-state index in [9.17, 15) is 14.7 Å². The van der Waals surface area contributed by atoms with Gasteiger partial charge < -0.3 is 25.0 Å². The van der Waals surface area contributed by atoms with Crippen LogP contribution >= 0.6 is 0 Å². The Labute approximate surface area is 188 Å². The molecule has 1 aromatic carbocycles. The molecule has 3 N–H and O–H groups in total. The molecule has 8 heteroatoms. The van der Waals surface area contributed by atoms with E-state index in [0.717, 1.165) is 25.7 Å². The molecule has 2 unspecified atom stereocenters. The highest BCUT2D eigenvalue weighted by atomic mass is 16.5. The van der Waals surface area contributed by atoms with Gasteiger partial charge in [-0.15, -0.1) is 0 Å². The molecular weight excluding hydrogens is 412 g/mol. The summed E-state index contributed by atoms with van der Waals surface area (Å²) in [6, 6.07) is 9.41. The Balaban J connectivity index is 0.000000439. The van der Waals surface area contributed by atoms with Gasteiger partial charge in [0.1, 0.15) is 11.8 Å². The fourth-order valence-corrected chi connectivity index (χ4v) is 3.57. The molecule has 1 aliphatic heterocycles. The number of aromatic hydroxyl groups is 2. The first kappa shape index (κ1) is 25.0. The van der Waals surface area contributed by atoms with Crippen molar-refractivity contribution >= 4 is 11.9 Å². The van der Waals surface area contributed by atoms with E-state index in [0.29, 0.717) is 18.1 Å². The molecule has 0 radical (unpaired) electrons. The van der Waals surface area contributed by atoms with Crippen molar-refractivity contribution < 1.29 is 29.3 Å². The van der Waals surface area contributed by atoms with E-state index < -0.39 is 17.9 Å². The van der Waals surface area contributed by atoms with Crippen molar-refractivity contribution in [3.8, 4) is 17.2 Å². The quantitative estimate of drug-likeness (QED) is 0.614. The van der Waals surface area contributed by atoms with E-state index in [4.69, 9.17) is 14.6 Å². The number of hydrogen-bond acceptors (Lipinski definition) is 7. The first-order chi connectivity index (χ1) is 15.3. The molecule has 1 aliphatic rings. The molecule has 1 aromatic heterocycles. The van der Waals surface area contributed by atoms with Crippen LogP contribution in [0.4, 0.5) is 0 Å². The summed E-state index contributed by atoms with van der Waals surface area (Å²) in [7, 11) is 1.39. The molecular formula is C24H32N2O6. The second kappa shape index (κ2) is 12.5. The highest BCUT2D eigenvalue weighted by Gasteiger charge is 2.29. The molecule has 0 spiro atoms. The number of carbonyl (C=O) groups is 2. The zero-order valence-electron chi connectivity index (χ0n) is 18.8. The summed E-state index contributed by atoms with van der Waals surface area (Å²) in [6.07, 6.45) is 5.37. The number of para-hydroxylation sites is 1. The molecule has 174 valence electrons. The summed E-state index contributed by atoms with van der Waals surface area (Å²) in [4.78, 5) is 28.7. The number of cyclic esters (lactones) is 1. The second-order valence-electron chi connectivity index (χ2n) is 7.76. The lowest BCUT2D eigenvalue weighted by Crippen LogP contribution is -2.42. The number of phenolic OH excluding ortho intramolecular Hbond substituents is 1. The fourth-order valence-electron chi connectivity index (χ4n) is 3.57. The minimum atomic E-state index is -0.752. The Morgan fingerprint density at radius 1 is 1.22 bits per heavy atom. The van der Waals surface area contributed by atoms with Crippen molar-refractivity contribution in [2.75, 3.05) is 7.11 Å². The maximum absolute atomic E-state index is 12.4. The molecule has 0 saturated carbocycles. The van der Waals surface area contributed by atoms with Gasteiger partial charge in [0.15, 0.2) is 17.2 Å². The third kappa shape index (κ3) is 7.44. The Hall–Kier alpha value is -3.29. The van der Waals surface area contributed by atoms with Crippen molar-refractivity contribution in [1.29, 1.82) is 0 Å². The number of pyridine rings is 1. The minimum Gasteiger partial charge on any atom is -0.508 e. The van der Waals surface area contributed by atoms with E-state index in [2.05, 4.69) is 17.2 Å². The van der Waals surface area contributed by atoms with Crippen LogP contribution in [0.2, 0.25) is 0 Å². The van der Waals surface area contributed by atoms with Crippen LogP contribution in [0.25, 0.3) is 0 Å². The van der Waals surface area contributed by atoms with Crippen LogP contribution in [-0.2, 0) is 9.53 Å². The Morgan fingerprint density at radius 3 is 2.53 bits per heavy atom. The number of rotatable bonds is 4. The van der Waals surface area contributed by atoms with Crippen LogP contribution in [0.1, 0.15) is 56.4 Å². The molecule has 3 atom stereocenters. The normalized spacial score (nSPS) is 21.0. The number of hydrogen-bond donors (Lipinski definition) is 3. The van der Waals surface area contributed by atoms with Crippen molar-refractivity contribution in [3.63, 3.8) is 0 Å². The van der Waals surface area contributed by atoms with E-state index in [1.165, 1.54) is 19.4 Å². The zero-order valence-corrected chi connectivity index (χ0v) is 18.8. The fraction of sp³-hybridized carbons (Fsp3) is 0.458. The number of phenols is 1. The topological polar surface area (TPSA) is 118 Å². The van der Waals surface area contributed by atoms with Crippen molar-refractivity contribution in [3.05, 3.63) is 48.3 Å². The summed E-state index contributed by atoms with van der Waals surface area (Å²) in [5, 5.41) is 21.3. The van der Waals surface area contributed by atoms with Gasteiger partial charge in [0.05, 0.1) is 13.2 Å². The molecule has 3 rings (SSSR count). The van der Waals surface area contributed by atoms with E-state index in [1.807, 2.05) is 13.0 Å². The molecule has 1 fully saturated rings. The van der Waals surface area contributed by atoms with E-state index >= 15 is 0 Å². The monoisotopic (exact) mass is 444 g/mol. The predicted molar refractivity (Wildman–Crippen MR) is 120 cm³/mol. The number of carbonyl (C=O) groups excluding carboxylic acids is 2. The lowest BCUT2D eigenvalue weighted by molar-refractivity contribution is -0.151. The highest BCUT2D eigenvalue weighted by molar-refractivity contribution is 5.97. The lowest BCUT2D eigenvalue weighted by atomic mass is 9.93. The van der Waals surface area contributed by atoms with Gasteiger partial charge in [-0.2, -0.15) is 0 Å². The Morgan fingerprint density at radius 2 is 1.94 bits per heavy atom. The maximum atomic E-state index is 12.4. The van der Waals surface area contributed by atoms with E-state index in [1.54, 1.807) is 24.3 Å². The van der Waals surface area contributed by atoms with Crippen LogP contribution in [-0.4, -0.2) is 46.3 Å². The molecule has 2 aromatic rings. The number of benzene rings is 1. The van der Waals surface area contributed by atoms with Crippen molar-refractivity contribution in [1.82, 2.24) is 10.3 Å². The third-order valence-electron chi connectivity index (χ3n) is 5.33. The van der Waals surface area contributed by atoms with Crippen molar-refractivity contribution in [2.45, 2.75) is 58.1 Å². The third-order valence-corrected chi connectivity index (χ3v) is 5.33. The van der Waals surface area contributed by atoms with Gasteiger partial charge >= 0.3 is 5.97 Å². The number of nitrogens with one attached hydrogen (secondary N) is 1. The van der Waals surface area contributed by atoms with Crippen LogP contribution in [0.3, 0.4) is 0 Å². The van der Waals surface area contributed by atoms with Gasteiger partial charge in [-0.3, -0.25) is 4.79 Å². The van der Waals surface area contributed by atoms with Gasteiger partial charge in [-0.05, 0) is 37.8 Å². The summed E-state index contributed by atoms with van der Waals surface area (Å²) in [5.74, 6) is -0.434. The minimum absolute atomic E-state index is 0.150. The van der Waals surface area contributed by atoms with Crippen LogP contribution in [0.15, 0.2) is 42.6 Å². The molecule has 8 nitrogen and oxygen atoms in total. The van der Waals surface area contributed by atoms with Gasteiger partial charge in [-0.1, -0.05) is 44.4 Å². The maximum Gasteiger partial charge on any atom is 0.328 e. The zero-order chi connectivity index (χ0) is 23.5. The summed E-state index contributed by atoms with van der Waals surface area (Å²) >= 11 is 0. The molecule has 2 heterocycles. The smallest absolute Gasteiger partial charge is 0.328 e. The molecule has 1 amide bonds. The summed E-state index contributed by atoms with van der Waals surface area (Å²) in [6.45, 7) is 4.01. The molecule has 0 aliphatic carbocycles. The number of amides is 1. The van der Waals surface area contributed by atoms with Crippen LogP contribution in [0, 0.1) is 5.92 Å².